The van der Waals surface area contributed by atoms with Crippen LogP contribution in [0.1, 0.15) is 40.1 Å². The molecule has 2 saturated heterocycles. The van der Waals surface area contributed by atoms with E-state index in [1.165, 1.54) is 24.8 Å². The van der Waals surface area contributed by atoms with Gasteiger partial charge in [0.1, 0.15) is 5.69 Å². The Morgan fingerprint density at radius 2 is 1.77 bits per heavy atom. The van der Waals surface area contributed by atoms with Crippen molar-refractivity contribution in [2.24, 2.45) is 5.41 Å². The summed E-state index contributed by atoms with van der Waals surface area (Å²) in [6, 6.07) is 1.69. The summed E-state index contributed by atoms with van der Waals surface area (Å²) in [5.41, 5.74) is 0.894. The SMILES string of the molecule is O=C(c1ccnnc1)N1CC[C@@]2(CCCN(C(=O)c3cnccn3)C2)C1. The molecular weight excluding hydrogens is 332 g/mol. The number of carbonyl (C=O) groups excluding carboxylic acids is 2. The topological polar surface area (TPSA) is 92.2 Å². The van der Waals surface area contributed by atoms with Crippen molar-refractivity contribution in [2.45, 2.75) is 19.3 Å². The van der Waals surface area contributed by atoms with Gasteiger partial charge < -0.3 is 9.80 Å². The van der Waals surface area contributed by atoms with Gasteiger partial charge in [-0.2, -0.15) is 10.2 Å². The molecule has 134 valence electrons. The molecule has 4 rings (SSSR count). The quantitative estimate of drug-likeness (QED) is 0.802. The van der Waals surface area contributed by atoms with Crippen LogP contribution >= 0.6 is 0 Å². The summed E-state index contributed by atoms with van der Waals surface area (Å²) in [5.74, 6) is -0.102. The molecule has 0 aliphatic carbocycles. The summed E-state index contributed by atoms with van der Waals surface area (Å²) in [5, 5.41) is 7.51. The standard InChI is InChI=1S/C18H20N6O2/c25-16(14-2-5-21-22-10-14)24-9-4-18(13-24)3-1-8-23(12-18)17(26)15-11-19-6-7-20-15/h2,5-7,10-11H,1,3-4,8-9,12-13H2/t18-/m1/s1. The van der Waals surface area contributed by atoms with Crippen LogP contribution in [-0.2, 0) is 0 Å². The Kier molecular flexibility index (Phi) is 4.32. The number of nitrogens with zero attached hydrogens (tertiary/aromatic N) is 6. The van der Waals surface area contributed by atoms with E-state index in [4.69, 9.17) is 0 Å². The van der Waals surface area contributed by atoms with Crippen LogP contribution in [0.25, 0.3) is 0 Å². The molecule has 2 aromatic heterocycles. The molecule has 0 unspecified atom stereocenters. The highest BCUT2D eigenvalue weighted by molar-refractivity contribution is 5.94. The zero-order valence-corrected chi connectivity index (χ0v) is 14.4. The fourth-order valence-electron chi connectivity index (χ4n) is 3.99. The van der Waals surface area contributed by atoms with Gasteiger partial charge in [0.2, 0.25) is 0 Å². The number of likely N-dealkylation sites (tertiary alicyclic amines) is 2. The molecule has 0 saturated carbocycles. The zero-order chi connectivity index (χ0) is 18.0. The maximum Gasteiger partial charge on any atom is 0.274 e. The molecule has 0 aromatic carbocycles. The van der Waals surface area contributed by atoms with Crippen LogP contribution in [-0.4, -0.2) is 68.0 Å². The molecule has 1 atom stereocenters. The van der Waals surface area contributed by atoms with E-state index in [1.54, 1.807) is 12.3 Å². The minimum atomic E-state index is -0.0831. The van der Waals surface area contributed by atoms with Crippen molar-refractivity contribution in [3.63, 3.8) is 0 Å². The summed E-state index contributed by atoms with van der Waals surface area (Å²) < 4.78 is 0. The van der Waals surface area contributed by atoms with Crippen molar-refractivity contribution < 1.29 is 9.59 Å². The molecule has 0 bridgehead atoms. The number of piperidine rings is 1. The summed E-state index contributed by atoms with van der Waals surface area (Å²) in [7, 11) is 0. The monoisotopic (exact) mass is 352 g/mol. The van der Waals surface area contributed by atoms with Crippen molar-refractivity contribution in [3.8, 4) is 0 Å². The molecule has 8 heteroatoms. The maximum atomic E-state index is 12.7. The molecule has 2 aliphatic heterocycles. The molecule has 0 N–H and O–H groups in total. The Hall–Kier alpha value is -2.90. The lowest BCUT2D eigenvalue weighted by Crippen LogP contribution is -2.48. The molecular formula is C18H20N6O2. The van der Waals surface area contributed by atoms with Crippen LogP contribution in [0.3, 0.4) is 0 Å². The van der Waals surface area contributed by atoms with Crippen LogP contribution in [0.2, 0.25) is 0 Å². The Balaban J connectivity index is 1.46. The summed E-state index contributed by atoms with van der Waals surface area (Å²) in [4.78, 5) is 37.2. The first-order valence-electron chi connectivity index (χ1n) is 8.78. The van der Waals surface area contributed by atoms with E-state index in [1.807, 2.05) is 9.80 Å². The summed E-state index contributed by atoms with van der Waals surface area (Å²) in [6.45, 7) is 2.74. The second-order valence-corrected chi connectivity index (χ2v) is 7.03. The van der Waals surface area contributed by atoms with Crippen LogP contribution < -0.4 is 0 Å². The number of carbonyl (C=O) groups is 2. The van der Waals surface area contributed by atoms with E-state index in [2.05, 4.69) is 20.2 Å². The smallest absolute Gasteiger partial charge is 0.274 e. The highest BCUT2D eigenvalue weighted by Gasteiger charge is 2.44. The van der Waals surface area contributed by atoms with E-state index in [-0.39, 0.29) is 17.2 Å². The van der Waals surface area contributed by atoms with E-state index in [9.17, 15) is 9.59 Å². The van der Waals surface area contributed by atoms with Gasteiger partial charge in [0.05, 0.1) is 24.2 Å². The van der Waals surface area contributed by atoms with E-state index in [0.29, 0.717) is 30.9 Å². The second-order valence-electron chi connectivity index (χ2n) is 7.03. The third-order valence-electron chi connectivity index (χ3n) is 5.29. The molecule has 0 radical (unpaired) electrons. The minimum absolute atomic E-state index is 0.0193. The van der Waals surface area contributed by atoms with Crippen molar-refractivity contribution in [1.82, 2.24) is 30.0 Å². The van der Waals surface area contributed by atoms with Gasteiger partial charge in [0.15, 0.2) is 0 Å². The summed E-state index contributed by atoms with van der Waals surface area (Å²) in [6.07, 6.45) is 10.5. The molecule has 2 aliphatic rings. The third kappa shape index (κ3) is 3.14. The Morgan fingerprint density at radius 3 is 2.50 bits per heavy atom. The van der Waals surface area contributed by atoms with Crippen LogP contribution in [0.4, 0.5) is 0 Å². The first-order chi connectivity index (χ1) is 12.7. The largest absolute Gasteiger partial charge is 0.338 e. The maximum absolute atomic E-state index is 12.7. The van der Waals surface area contributed by atoms with Crippen molar-refractivity contribution >= 4 is 11.8 Å². The number of hydrogen-bond donors (Lipinski definition) is 0. The lowest BCUT2D eigenvalue weighted by Gasteiger charge is -2.40. The molecule has 1 spiro atoms. The predicted octanol–water partition coefficient (Wildman–Crippen LogP) is 1.04. The zero-order valence-electron chi connectivity index (χ0n) is 14.4. The lowest BCUT2D eigenvalue weighted by molar-refractivity contribution is 0.0510. The summed E-state index contributed by atoms with van der Waals surface area (Å²) >= 11 is 0. The van der Waals surface area contributed by atoms with Gasteiger partial charge in [-0.15, -0.1) is 0 Å². The molecule has 2 aromatic rings. The molecule has 2 fully saturated rings. The average Bonchev–Trinajstić information content (AvgIpc) is 3.11. The van der Waals surface area contributed by atoms with Crippen LogP contribution in [0, 0.1) is 5.41 Å². The van der Waals surface area contributed by atoms with Crippen LogP contribution in [0.15, 0.2) is 37.1 Å². The first kappa shape index (κ1) is 16.6. The number of rotatable bonds is 2. The number of amides is 2. The molecule has 8 nitrogen and oxygen atoms in total. The Bertz CT molecular complexity index is 800. The third-order valence-corrected chi connectivity index (χ3v) is 5.29. The van der Waals surface area contributed by atoms with Gasteiger partial charge >= 0.3 is 0 Å². The Morgan fingerprint density at radius 1 is 0.923 bits per heavy atom. The van der Waals surface area contributed by atoms with E-state index in [0.717, 1.165) is 25.8 Å². The lowest BCUT2D eigenvalue weighted by atomic mass is 9.79. The van der Waals surface area contributed by atoms with Gasteiger partial charge in [0, 0.05) is 44.0 Å². The first-order valence-corrected chi connectivity index (χ1v) is 8.78. The van der Waals surface area contributed by atoms with Crippen molar-refractivity contribution in [2.75, 3.05) is 26.2 Å². The molecule has 4 heterocycles. The normalized spacial score (nSPS) is 22.6. The van der Waals surface area contributed by atoms with Crippen molar-refractivity contribution in [3.05, 3.63) is 48.3 Å². The fourth-order valence-corrected chi connectivity index (χ4v) is 3.99. The van der Waals surface area contributed by atoms with Crippen molar-refractivity contribution in [1.29, 1.82) is 0 Å². The van der Waals surface area contributed by atoms with Gasteiger partial charge in [0.25, 0.3) is 11.8 Å². The van der Waals surface area contributed by atoms with Gasteiger partial charge in [-0.3, -0.25) is 14.6 Å². The average molecular weight is 352 g/mol. The number of aromatic nitrogens is 4. The molecule has 26 heavy (non-hydrogen) atoms. The van der Waals surface area contributed by atoms with Crippen LogP contribution in [0.5, 0.6) is 0 Å². The second kappa shape index (κ2) is 6.78. The van der Waals surface area contributed by atoms with E-state index >= 15 is 0 Å². The highest BCUT2D eigenvalue weighted by Crippen LogP contribution is 2.39. The molecule has 2 amide bonds. The predicted molar refractivity (Wildman–Crippen MR) is 92.2 cm³/mol. The highest BCUT2D eigenvalue weighted by atomic mass is 16.2. The number of hydrogen-bond acceptors (Lipinski definition) is 6. The fraction of sp³-hybridized carbons (Fsp3) is 0.444. The minimum Gasteiger partial charge on any atom is -0.338 e. The van der Waals surface area contributed by atoms with Gasteiger partial charge in [-0.25, -0.2) is 4.98 Å². The van der Waals surface area contributed by atoms with E-state index < -0.39 is 0 Å². The van der Waals surface area contributed by atoms with Gasteiger partial charge in [-0.05, 0) is 25.3 Å². The van der Waals surface area contributed by atoms with Gasteiger partial charge in [-0.1, -0.05) is 0 Å². The Labute approximate surface area is 151 Å².